The van der Waals surface area contributed by atoms with Gasteiger partial charge in [-0.2, -0.15) is 0 Å². The Morgan fingerprint density at radius 2 is 2.38 bits per heavy atom. The molecule has 0 unspecified atom stereocenters. The van der Waals surface area contributed by atoms with Gasteiger partial charge in [0.05, 0.1) is 0 Å². The highest BCUT2D eigenvalue weighted by molar-refractivity contribution is 5.00. The summed E-state index contributed by atoms with van der Waals surface area (Å²) in [4.78, 5) is 7.55. The van der Waals surface area contributed by atoms with Crippen molar-refractivity contribution in [1.29, 1.82) is 0 Å². The minimum absolute atomic E-state index is 0.338. The molecule has 0 aliphatic carbocycles. The van der Waals surface area contributed by atoms with E-state index >= 15 is 0 Å². The van der Waals surface area contributed by atoms with Gasteiger partial charge in [-0.05, 0) is 13.0 Å². The zero-order valence-corrected chi connectivity index (χ0v) is 4.63. The first-order valence-corrected chi connectivity index (χ1v) is 2.34. The fourth-order valence-electron chi connectivity index (χ4n) is 0.468. The van der Waals surface area contributed by atoms with Crippen molar-refractivity contribution >= 4 is 0 Å². The third-order valence-electron chi connectivity index (χ3n) is 0.813. The molecule has 0 saturated carbocycles. The monoisotopic (exact) mass is 106 g/mol. The smallest absolute Gasteiger partial charge is 0.133 e. The van der Waals surface area contributed by atoms with Crippen LogP contribution in [0.4, 0.5) is 0 Å². The molecule has 2 heteroatoms. The summed E-state index contributed by atoms with van der Waals surface area (Å²) >= 11 is 0. The average Bonchev–Trinajstić information content (AvgIpc) is 1.64. The highest BCUT2D eigenvalue weighted by atomic mass is 14.9. The molecule has 0 bridgehead atoms. The van der Waals surface area contributed by atoms with Crippen LogP contribution in [0.25, 0.3) is 0 Å². The normalized spacial score (nSPS) is 9.25. The first-order chi connectivity index (χ1) is 3.79. The number of aryl methyl sites for hydroxylation is 1. The van der Waals surface area contributed by atoms with E-state index in [1.807, 2.05) is 6.92 Å². The number of nitrogens with zero attached hydrogens (tertiary/aromatic N) is 2. The molecule has 0 amide bonds. The van der Waals surface area contributed by atoms with Gasteiger partial charge < -0.3 is 0 Å². The zero-order valence-electron chi connectivity index (χ0n) is 4.63. The highest BCUT2D eigenvalue weighted by Crippen LogP contribution is 1.88. The largest absolute Gasteiger partial charge is 0.241 e. The summed E-state index contributed by atoms with van der Waals surface area (Å²) in [5.41, 5.74) is 0.900. The van der Waals surface area contributed by atoms with Gasteiger partial charge in [-0.15, -0.1) is 0 Å². The molecule has 0 aromatic carbocycles. The maximum atomic E-state index is 5.24. The lowest BCUT2D eigenvalue weighted by atomic mass is 10.4. The number of hydrogen-bond donors (Lipinski definition) is 0. The van der Waals surface area contributed by atoms with E-state index in [-0.39, 0.29) is 0 Å². The second-order valence-electron chi connectivity index (χ2n) is 1.56. The third kappa shape index (κ3) is 1.03. The first-order valence-electron chi connectivity index (χ1n) is 2.34. The van der Waals surface area contributed by atoms with Gasteiger partial charge in [-0.1, -0.05) is 0 Å². The molecule has 2 nitrogen and oxygen atoms in total. The second-order valence-corrected chi connectivity index (χ2v) is 1.56. The zero-order chi connectivity index (χ0) is 5.98. The molecule has 0 aliphatic heterocycles. The minimum Gasteiger partial charge on any atom is -0.241 e. The van der Waals surface area contributed by atoms with E-state index in [9.17, 15) is 0 Å². The van der Waals surface area contributed by atoms with E-state index in [0.717, 1.165) is 5.69 Å². The number of aromatic nitrogens is 2. The van der Waals surface area contributed by atoms with Gasteiger partial charge in [0.15, 0.2) is 0 Å². The van der Waals surface area contributed by atoms with Crippen LogP contribution in [-0.2, 0) is 0 Å². The van der Waals surface area contributed by atoms with Crippen LogP contribution < -0.4 is 0 Å². The molecular formula is C6H6N2. The van der Waals surface area contributed by atoms with Crippen molar-refractivity contribution in [1.82, 2.24) is 9.97 Å². The fraction of sp³-hybridized carbons (Fsp3) is 0.167. The molecule has 0 saturated heterocycles. The minimum atomic E-state index is 0.338. The van der Waals surface area contributed by atoms with E-state index in [4.69, 9.17) is 6.92 Å². The predicted octanol–water partition coefficient (Wildman–Crippen LogP) is 0.844. The van der Waals surface area contributed by atoms with E-state index in [1.165, 1.54) is 0 Å². The van der Waals surface area contributed by atoms with Crippen molar-refractivity contribution in [3.63, 3.8) is 0 Å². The summed E-state index contributed by atoms with van der Waals surface area (Å²) in [6, 6.07) is 1.80. The third-order valence-corrected chi connectivity index (χ3v) is 0.813. The van der Waals surface area contributed by atoms with Crippen molar-refractivity contribution in [3.05, 3.63) is 30.7 Å². The van der Waals surface area contributed by atoms with Crippen LogP contribution in [0, 0.1) is 13.8 Å². The topological polar surface area (TPSA) is 25.8 Å². The highest BCUT2D eigenvalue weighted by Gasteiger charge is 1.83. The van der Waals surface area contributed by atoms with E-state index in [2.05, 4.69) is 9.97 Å². The SMILES string of the molecule is [CH]c1nccc(C)n1. The predicted molar refractivity (Wildman–Crippen MR) is 30.2 cm³/mol. The van der Waals surface area contributed by atoms with Gasteiger partial charge >= 0.3 is 0 Å². The molecular weight excluding hydrogens is 100 g/mol. The summed E-state index contributed by atoms with van der Waals surface area (Å²) in [7, 11) is 0. The van der Waals surface area contributed by atoms with E-state index in [0.29, 0.717) is 5.82 Å². The lowest BCUT2D eigenvalue weighted by Crippen LogP contribution is -1.86. The Hall–Kier alpha value is -0.920. The standard InChI is InChI=1S/C6H6N2/c1-5-3-4-7-6(2)8-5/h2-4H,1H3. The van der Waals surface area contributed by atoms with Crippen molar-refractivity contribution in [2.45, 2.75) is 6.92 Å². The van der Waals surface area contributed by atoms with E-state index < -0.39 is 0 Å². The lowest BCUT2D eigenvalue weighted by molar-refractivity contribution is 1.06. The summed E-state index contributed by atoms with van der Waals surface area (Å²) in [5, 5.41) is 0. The van der Waals surface area contributed by atoms with Crippen LogP contribution in [0.1, 0.15) is 11.5 Å². The molecule has 2 radical (unpaired) electrons. The maximum Gasteiger partial charge on any atom is 0.133 e. The van der Waals surface area contributed by atoms with Crippen molar-refractivity contribution in [3.8, 4) is 0 Å². The number of hydrogen-bond acceptors (Lipinski definition) is 2. The van der Waals surface area contributed by atoms with Crippen molar-refractivity contribution in [2.75, 3.05) is 0 Å². The molecule has 1 rings (SSSR count). The van der Waals surface area contributed by atoms with Crippen LogP contribution in [0.3, 0.4) is 0 Å². The van der Waals surface area contributed by atoms with E-state index in [1.54, 1.807) is 12.3 Å². The Balaban J connectivity index is 3.08. The molecule has 0 aliphatic rings. The molecule has 1 heterocycles. The average molecular weight is 106 g/mol. The molecule has 0 fully saturated rings. The van der Waals surface area contributed by atoms with Crippen LogP contribution >= 0.6 is 0 Å². The summed E-state index contributed by atoms with van der Waals surface area (Å²) in [6.07, 6.45) is 1.64. The van der Waals surface area contributed by atoms with Crippen LogP contribution in [0.5, 0.6) is 0 Å². The first kappa shape index (κ1) is 5.22. The van der Waals surface area contributed by atoms with Gasteiger partial charge in [0, 0.05) is 18.8 Å². The summed E-state index contributed by atoms with van der Waals surface area (Å²) in [6.45, 7) is 7.11. The Bertz CT molecular complexity index is 166. The van der Waals surface area contributed by atoms with Crippen molar-refractivity contribution in [2.24, 2.45) is 0 Å². The molecule has 0 spiro atoms. The quantitative estimate of drug-likeness (QED) is 0.490. The molecule has 8 heavy (non-hydrogen) atoms. The Labute approximate surface area is 48.6 Å². The Morgan fingerprint density at radius 1 is 1.62 bits per heavy atom. The molecule has 40 valence electrons. The van der Waals surface area contributed by atoms with Crippen molar-refractivity contribution < 1.29 is 0 Å². The molecule has 1 aromatic rings. The van der Waals surface area contributed by atoms with Gasteiger partial charge in [0.2, 0.25) is 0 Å². The van der Waals surface area contributed by atoms with Crippen LogP contribution in [-0.4, -0.2) is 9.97 Å². The summed E-state index contributed by atoms with van der Waals surface area (Å²) in [5.74, 6) is 0.338. The van der Waals surface area contributed by atoms with Crippen LogP contribution in [0.2, 0.25) is 0 Å². The van der Waals surface area contributed by atoms with Gasteiger partial charge in [-0.25, -0.2) is 9.97 Å². The summed E-state index contributed by atoms with van der Waals surface area (Å²) < 4.78 is 0. The second kappa shape index (κ2) is 1.90. The number of rotatable bonds is 0. The Kier molecular flexibility index (Phi) is 1.24. The molecule has 0 N–H and O–H groups in total. The van der Waals surface area contributed by atoms with Gasteiger partial charge in [0.1, 0.15) is 5.82 Å². The van der Waals surface area contributed by atoms with Crippen LogP contribution in [0.15, 0.2) is 12.3 Å². The molecule has 0 atom stereocenters. The van der Waals surface area contributed by atoms with Gasteiger partial charge in [-0.3, -0.25) is 0 Å². The van der Waals surface area contributed by atoms with Gasteiger partial charge in [0.25, 0.3) is 0 Å². The Morgan fingerprint density at radius 3 is 2.75 bits per heavy atom. The fourth-order valence-corrected chi connectivity index (χ4v) is 0.468. The molecule has 1 aromatic heterocycles. The lowest BCUT2D eigenvalue weighted by Gasteiger charge is -1.88. The maximum absolute atomic E-state index is 5.24.